The van der Waals surface area contributed by atoms with Crippen molar-refractivity contribution in [2.75, 3.05) is 0 Å². The van der Waals surface area contributed by atoms with Crippen LogP contribution in [0.5, 0.6) is 0 Å². The fraction of sp³-hybridized carbons (Fsp3) is 0. The largest absolute Gasteiger partial charge is 0.0622 e. The lowest BCUT2D eigenvalue weighted by atomic mass is 9.84. The third kappa shape index (κ3) is 4.87. The molecule has 0 saturated heterocycles. The van der Waals surface area contributed by atoms with Gasteiger partial charge < -0.3 is 0 Å². The highest BCUT2D eigenvalue weighted by atomic mass is 14.2. The third-order valence-electron chi connectivity index (χ3n) is 9.69. The van der Waals surface area contributed by atoms with Crippen LogP contribution < -0.4 is 0 Å². The molecule has 0 amide bonds. The monoisotopic (exact) mass is 608 g/mol. The van der Waals surface area contributed by atoms with E-state index in [1.807, 2.05) is 0 Å². The van der Waals surface area contributed by atoms with E-state index < -0.39 is 0 Å². The standard InChI is InChI=1S/C48H32/c1-3-12-33(13-4-1)34-22-24-35(25-23-34)36-26-28-39(29-27-36)47-43-19-9-10-20-44(43)48(38-15-5-2-6-16-38)46-32-40(30-31-45(46)47)42-21-11-17-37-14-7-8-18-41(37)42/h1-32H. The van der Waals surface area contributed by atoms with E-state index in [1.165, 1.54) is 88.0 Å². The predicted molar refractivity (Wildman–Crippen MR) is 206 cm³/mol. The Balaban J connectivity index is 1.23. The van der Waals surface area contributed by atoms with Gasteiger partial charge >= 0.3 is 0 Å². The van der Waals surface area contributed by atoms with Crippen molar-refractivity contribution in [3.8, 4) is 55.6 Å². The summed E-state index contributed by atoms with van der Waals surface area (Å²) in [6.07, 6.45) is 0. The molecular formula is C48H32. The van der Waals surface area contributed by atoms with Gasteiger partial charge in [-0.05, 0) is 94.0 Å². The van der Waals surface area contributed by atoms with Crippen LogP contribution in [0.25, 0.3) is 88.0 Å². The molecule has 0 aliphatic carbocycles. The van der Waals surface area contributed by atoms with Crippen LogP contribution in [0.4, 0.5) is 0 Å². The van der Waals surface area contributed by atoms with Gasteiger partial charge in [0.05, 0.1) is 0 Å². The summed E-state index contributed by atoms with van der Waals surface area (Å²) >= 11 is 0. The molecule has 0 radical (unpaired) electrons. The molecule has 0 nitrogen and oxygen atoms in total. The van der Waals surface area contributed by atoms with E-state index >= 15 is 0 Å². The maximum atomic E-state index is 2.41. The summed E-state index contributed by atoms with van der Waals surface area (Å²) in [7, 11) is 0. The molecule has 0 heteroatoms. The number of hydrogen-bond donors (Lipinski definition) is 0. The smallest absolute Gasteiger partial charge is 0.00262 e. The van der Waals surface area contributed by atoms with Gasteiger partial charge in [-0.1, -0.05) is 188 Å². The molecule has 0 N–H and O–H groups in total. The first-order chi connectivity index (χ1) is 23.8. The van der Waals surface area contributed by atoms with Crippen LogP contribution >= 0.6 is 0 Å². The predicted octanol–water partition coefficient (Wildman–Crippen LogP) is 13.5. The molecule has 0 aromatic heterocycles. The van der Waals surface area contributed by atoms with E-state index in [-0.39, 0.29) is 0 Å². The molecule has 9 aromatic carbocycles. The lowest BCUT2D eigenvalue weighted by Crippen LogP contribution is -1.92. The summed E-state index contributed by atoms with van der Waals surface area (Å²) in [5.74, 6) is 0. The zero-order valence-electron chi connectivity index (χ0n) is 26.5. The maximum absolute atomic E-state index is 2.41. The van der Waals surface area contributed by atoms with E-state index in [1.54, 1.807) is 0 Å². The Morgan fingerprint density at radius 1 is 0.208 bits per heavy atom. The van der Waals surface area contributed by atoms with Gasteiger partial charge in [-0.15, -0.1) is 0 Å². The van der Waals surface area contributed by atoms with Gasteiger partial charge in [0.2, 0.25) is 0 Å². The molecule has 0 unspecified atom stereocenters. The summed E-state index contributed by atoms with van der Waals surface area (Å²) in [4.78, 5) is 0. The second-order valence-electron chi connectivity index (χ2n) is 12.5. The maximum Gasteiger partial charge on any atom is -0.00262 e. The van der Waals surface area contributed by atoms with Gasteiger partial charge in [-0.2, -0.15) is 0 Å². The molecule has 0 saturated carbocycles. The van der Waals surface area contributed by atoms with E-state index in [4.69, 9.17) is 0 Å². The molecule has 0 aliphatic rings. The molecule has 0 spiro atoms. The second kappa shape index (κ2) is 11.8. The minimum atomic E-state index is 1.21. The molecule has 0 fully saturated rings. The first-order valence-corrected chi connectivity index (χ1v) is 16.6. The van der Waals surface area contributed by atoms with Crippen molar-refractivity contribution in [2.45, 2.75) is 0 Å². The Bertz CT molecular complexity index is 2550. The van der Waals surface area contributed by atoms with Gasteiger partial charge in [0.15, 0.2) is 0 Å². The summed E-state index contributed by atoms with van der Waals surface area (Å²) in [6.45, 7) is 0. The highest BCUT2D eigenvalue weighted by molar-refractivity contribution is 6.22. The van der Waals surface area contributed by atoms with Crippen LogP contribution in [-0.4, -0.2) is 0 Å². The second-order valence-corrected chi connectivity index (χ2v) is 12.5. The number of hydrogen-bond acceptors (Lipinski definition) is 0. The van der Waals surface area contributed by atoms with Crippen molar-refractivity contribution in [1.29, 1.82) is 0 Å². The number of rotatable bonds is 5. The Morgan fingerprint density at radius 2 is 0.604 bits per heavy atom. The van der Waals surface area contributed by atoms with Gasteiger partial charge in [0.25, 0.3) is 0 Å². The summed E-state index contributed by atoms with van der Waals surface area (Å²) in [5.41, 5.74) is 12.4. The average molecular weight is 609 g/mol. The Labute approximate surface area is 281 Å². The van der Waals surface area contributed by atoms with E-state index in [2.05, 4.69) is 194 Å². The molecule has 0 bridgehead atoms. The lowest BCUT2D eigenvalue weighted by molar-refractivity contribution is 1.59. The molecule has 9 aromatic rings. The van der Waals surface area contributed by atoms with Crippen LogP contribution in [0, 0.1) is 0 Å². The highest BCUT2D eigenvalue weighted by Crippen LogP contribution is 2.45. The molecular weight excluding hydrogens is 577 g/mol. The fourth-order valence-electron chi connectivity index (χ4n) is 7.36. The van der Waals surface area contributed by atoms with Crippen molar-refractivity contribution >= 4 is 32.3 Å². The Hall–Kier alpha value is -6.24. The first-order valence-electron chi connectivity index (χ1n) is 16.6. The van der Waals surface area contributed by atoms with Crippen molar-refractivity contribution < 1.29 is 0 Å². The highest BCUT2D eigenvalue weighted by Gasteiger charge is 2.18. The summed E-state index contributed by atoms with van der Waals surface area (Å²) in [6, 6.07) is 70.7. The van der Waals surface area contributed by atoms with E-state index in [9.17, 15) is 0 Å². The van der Waals surface area contributed by atoms with Crippen LogP contribution in [0.3, 0.4) is 0 Å². The average Bonchev–Trinajstić information content (AvgIpc) is 3.17. The number of benzene rings is 9. The topological polar surface area (TPSA) is 0 Å². The molecule has 0 aliphatic heterocycles. The Morgan fingerprint density at radius 3 is 1.23 bits per heavy atom. The van der Waals surface area contributed by atoms with Crippen molar-refractivity contribution in [3.05, 3.63) is 194 Å². The third-order valence-corrected chi connectivity index (χ3v) is 9.69. The summed E-state index contributed by atoms with van der Waals surface area (Å²) in [5, 5.41) is 7.59. The first kappa shape index (κ1) is 28.0. The van der Waals surface area contributed by atoms with Gasteiger partial charge in [0, 0.05) is 0 Å². The molecule has 9 rings (SSSR count). The summed E-state index contributed by atoms with van der Waals surface area (Å²) < 4.78 is 0. The van der Waals surface area contributed by atoms with Crippen LogP contribution in [-0.2, 0) is 0 Å². The zero-order chi connectivity index (χ0) is 31.9. The molecule has 0 heterocycles. The quantitative estimate of drug-likeness (QED) is 0.171. The minimum Gasteiger partial charge on any atom is -0.0622 e. The van der Waals surface area contributed by atoms with Crippen LogP contribution in [0.1, 0.15) is 0 Å². The number of fused-ring (bicyclic) bond motifs is 3. The molecule has 48 heavy (non-hydrogen) atoms. The minimum absolute atomic E-state index is 1.21. The van der Waals surface area contributed by atoms with Gasteiger partial charge in [-0.25, -0.2) is 0 Å². The zero-order valence-corrected chi connectivity index (χ0v) is 26.5. The lowest BCUT2D eigenvalue weighted by Gasteiger charge is -2.19. The fourth-order valence-corrected chi connectivity index (χ4v) is 7.36. The Kier molecular flexibility index (Phi) is 6.91. The van der Waals surface area contributed by atoms with Gasteiger partial charge in [0.1, 0.15) is 0 Å². The van der Waals surface area contributed by atoms with E-state index in [0.29, 0.717) is 0 Å². The SMILES string of the molecule is c1ccc(-c2ccc(-c3ccc(-c4c5ccccc5c(-c5ccccc5)c5cc(-c6cccc7ccccc67)ccc45)cc3)cc2)cc1. The van der Waals surface area contributed by atoms with Crippen LogP contribution in [0.2, 0.25) is 0 Å². The normalized spacial score (nSPS) is 11.3. The van der Waals surface area contributed by atoms with Crippen molar-refractivity contribution in [2.24, 2.45) is 0 Å². The van der Waals surface area contributed by atoms with Crippen LogP contribution in [0.15, 0.2) is 194 Å². The molecule has 0 atom stereocenters. The van der Waals surface area contributed by atoms with Gasteiger partial charge in [-0.3, -0.25) is 0 Å². The molecule has 224 valence electrons. The van der Waals surface area contributed by atoms with Crippen molar-refractivity contribution in [3.63, 3.8) is 0 Å². The van der Waals surface area contributed by atoms with E-state index in [0.717, 1.165) is 0 Å². The van der Waals surface area contributed by atoms with Crippen molar-refractivity contribution in [1.82, 2.24) is 0 Å².